The molecule has 0 aliphatic rings. The van der Waals surface area contributed by atoms with Crippen molar-refractivity contribution in [3.05, 3.63) is 28.4 Å². The summed E-state index contributed by atoms with van der Waals surface area (Å²) in [7, 11) is 0. The van der Waals surface area contributed by atoms with E-state index in [1.807, 2.05) is 13.0 Å². The van der Waals surface area contributed by atoms with E-state index in [2.05, 4.69) is 38.3 Å². The Morgan fingerprint density at radius 3 is 3.07 bits per heavy atom. The van der Waals surface area contributed by atoms with Gasteiger partial charge in [-0.25, -0.2) is 0 Å². The highest BCUT2D eigenvalue weighted by atomic mass is 79.9. The van der Waals surface area contributed by atoms with Crippen LogP contribution in [0.4, 0.5) is 0 Å². The number of nitrogens with zero attached hydrogens (tertiary/aromatic N) is 1. The molecule has 1 aromatic heterocycles. The molecule has 2 rings (SSSR count). The molecular weight excluding hydrogens is 242 g/mol. The van der Waals surface area contributed by atoms with Gasteiger partial charge < -0.3 is 5.73 Å². The average molecular weight is 254 g/mol. The molecule has 0 amide bonds. The van der Waals surface area contributed by atoms with Crippen LogP contribution in [-0.4, -0.2) is 16.2 Å². The van der Waals surface area contributed by atoms with Crippen LogP contribution in [0.5, 0.6) is 0 Å². The molecule has 3 nitrogen and oxygen atoms in total. The van der Waals surface area contributed by atoms with Gasteiger partial charge in [-0.1, -0.05) is 6.07 Å². The van der Waals surface area contributed by atoms with Crippen LogP contribution < -0.4 is 5.73 Å². The van der Waals surface area contributed by atoms with Gasteiger partial charge in [0.15, 0.2) is 0 Å². The fourth-order valence-electron chi connectivity index (χ4n) is 1.52. The molecule has 2 aromatic rings. The van der Waals surface area contributed by atoms with Crippen molar-refractivity contribution >= 4 is 26.8 Å². The van der Waals surface area contributed by atoms with E-state index in [-0.39, 0.29) is 6.04 Å². The summed E-state index contributed by atoms with van der Waals surface area (Å²) in [5, 5.41) is 8.14. The third kappa shape index (κ3) is 1.81. The van der Waals surface area contributed by atoms with Crippen LogP contribution in [0.15, 0.2) is 22.8 Å². The SMILES string of the molecule is CC(N)Cc1ccc2n[nH]c(Br)c2c1. The number of aromatic nitrogens is 2. The topological polar surface area (TPSA) is 54.7 Å². The summed E-state index contributed by atoms with van der Waals surface area (Å²) in [4.78, 5) is 0. The number of halogens is 1. The van der Waals surface area contributed by atoms with Gasteiger partial charge in [0, 0.05) is 11.4 Å². The van der Waals surface area contributed by atoms with E-state index in [1.165, 1.54) is 5.56 Å². The molecule has 0 saturated carbocycles. The Morgan fingerprint density at radius 1 is 1.57 bits per heavy atom. The molecule has 4 heteroatoms. The van der Waals surface area contributed by atoms with Crippen LogP contribution in [0.2, 0.25) is 0 Å². The van der Waals surface area contributed by atoms with Gasteiger partial charge >= 0.3 is 0 Å². The Labute approximate surface area is 90.8 Å². The fourth-order valence-corrected chi connectivity index (χ4v) is 1.93. The van der Waals surface area contributed by atoms with Gasteiger partial charge in [0.25, 0.3) is 0 Å². The summed E-state index contributed by atoms with van der Waals surface area (Å²) in [6.07, 6.45) is 0.896. The maximum Gasteiger partial charge on any atom is 0.108 e. The molecule has 1 unspecified atom stereocenters. The Balaban J connectivity index is 2.44. The molecule has 1 heterocycles. The van der Waals surface area contributed by atoms with Crippen LogP contribution in [0.25, 0.3) is 10.9 Å². The summed E-state index contributed by atoms with van der Waals surface area (Å²) in [5.41, 5.74) is 7.97. The number of hydrogen-bond acceptors (Lipinski definition) is 2. The van der Waals surface area contributed by atoms with Crippen LogP contribution in [0.1, 0.15) is 12.5 Å². The molecule has 74 valence electrons. The number of rotatable bonds is 2. The van der Waals surface area contributed by atoms with Crippen LogP contribution in [-0.2, 0) is 6.42 Å². The van der Waals surface area contributed by atoms with Crippen molar-refractivity contribution in [1.29, 1.82) is 0 Å². The maximum atomic E-state index is 5.75. The van der Waals surface area contributed by atoms with Crippen molar-refractivity contribution in [2.24, 2.45) is 5.73 Å². The first-order valence-corrected chi connectivity index (χ1v) is 5.34. The summed E-state index contributed by atoms with van der Waals surface area (Å²) < 4.78 is 0.930. The smallest absolute Gasteiger partial charge is 0.108 e. The lowest BCUT2D eigenvalue weighted by molar-refractivity contribution is 0.739. The molecule has 0 aliphatic heterocycles. The monoisotopic (exact) mass is 253 g/mol. The summed E-state index contributed by atoms with van der Waals surface area (Å²) in [6.45, 7) is 2.01. The molecule has 0 spiro atoms. The predicted octanol–water partition coefficient (Wildman–Crippen LogP) is 2.22. The number of nitrogens with two attached hydrogens (primary N) is 1. The first-order chi connectivity index (χ1) is 6.66. The fraction of sp³-hybridized carbons (Fsp3) is 0.300. The number of nitrogens with one attached hydrogen (secondary N) is 1. The quantitative estimate of drug-likeness (QED) is 0.863. The Morgan fingerprint density at radius 2 is 2.36 bits per heavy atom. The lowest BCUT2D eigenvalue weighted by Crippen LogP contribution is -2.17. The van der Waals surface area contributed by atoms with Gasteiger partial charge in [0.2, 0.25) is 0 Å². The minimum atomic E-state index is 0.193. The van der Waals surface area contributed by atoms with E-state index in [0.717, 1.165) is 21.9 Å². The van der Waals surface area contributed by atoms with E-state index < -0.39 is 0 Å². The van der Waals surface area contributed by atoms with Crippen LogP contribution >= 0.6 is 15.9 Å². The molecule has 0 radical (unpaired) electrons. The van der Waals surface area contributed by atoms with Crippen molar-refractivity contribution in [2.45, 2.75) is 19.4 Å². The number of hydrogen-bond donors (Lipinski definition) is 2. The standard InChI is InChI=1S/C10H12BrN3/c1-6(12)4-7-2-3-9-8(5-7)10(11)14-13-9/h2-3,5-6H,4,12H2,1H3,(H,13,14). The van der Waals surface area contributed by atoms with Crippen molar-refractivity contribution in [2.75, 3.05) is 0 Å². The molecule has 14 heavy (non-hydrogen) atoms. The number of benzene rings is 1. The summed E-state index contributed by atoms with van der Waals surface area (Å²) in [6, 6.07) is 6.39. The molecule has 0 aliphatic carbocycles. The second-order valence-corrected chi connectivity index (χ2v) is 4.36. The highest BCUT2D eigenvalue weighted by Gasteiger charge is 2.04. The third-order valence-electron chi connectivity index (χ3n) is 2.13. The number of H-pyrrole nitrogens is 1. The van der Waals surface area contributed by atoms with Crippen LogP contribution in [0.3, 0.4) is 0 Å². The minimum absolute atomic E-state index is 0.193. The van der Waals surface area contributed by atoms with Gasteiger partial charge in [-0.2, -0.15) is 5.10 Å². The molecule has 0 fully saturated rings. The van der Waals surface area contributed by atoms with E-state index in [0.29, 0.717) is 0 Å². The van der Waals surface area contributed by atoms with Gasteiger partial charge in [0.05, 0.1) is 5.52 Å². The third-order valence-corrected chi connectivity index (χ3v) is 2.73. The highest BCUT2D eigenvalue weighted by molar-refractivity contribution is 9.10. The van der Waals surface area contributed by atoms with Crippen molar-refractivity contribution in [1.82, 2.24) is 10.2 Å². The molecule has 1 aromatic carbocycles. The van der Waals surface area contributed by atoms with Crippen molar-refractivity contribution in [3.8, 4) is 0 Å². The average Bonchev–Trinajstić information content (AvgIpc) is 2.47. The zero-order chi connectivity index (χ0) is 10.1. The lowest BCUT2D eigenvalue weighted by atomic mass is 10.1. The largest absolute Gasteiger partial charge is 0.328 e. The zero-order valence-electron chi connectivity index (χ0n) is 7.92. The van der Waals surface area contributed by atoms with E-state index in [4.69, 9.17) is 5.73 Å². The van der Waals surface area contributed by atoms with Crippen molar-refractivity contribution < 1.29 is 0 Å². The first kappa shape index (κ1) is 9.68. The molecule has 3 N–H and O–H groups in total. The van der Waals surface area contributed by atoms with Gasteiger partial charge in [-0.05, 0) is 47.0 Å². The van der Waals surface area contributed by atoms with Gasteiger partial charge in [-0.3, -0.25) is 5.10 Å². The first-order valence-electron chi connectivity index (χ1n) is 4.55. The summed E-state index contributed by atoms with van der Waals surface area (Å²) in [5.74, 6) is 0. The number of fused-ring (bicyclic) bond motifs is 1. The molecule has 0 bridgehead atoms. The second kappa shape index (κ2) is 3.71. The number of aromatic amines is 1. The lowest BCUT2D eigenvalue weighted by Gasteiger charge is -2.04. The van der Waals surface area contributed by atoms with Crippen molar-refractivity contribution in [3.63, 3.8) is 0 Å². The summed E-state index contributed by atoms with van der Waals surface area (Å²) >= 11 is 3.42. The minimum Gasteiger partial charge on any atom is -0.328 e. The zero-order valence-corrected chi connectivity index (χ0v) is 9.51. The maximum absolute atomic E-state index is 5.75. The van der Waals surface area contributed by atoms with Gasteiger partial charge in [0.1, 0.15) is 4.60 Å². The van der Waals surface area contributed by atoms with E-state index in [9.17, 15) is 0 Å². The Bertz CT molecular complexity index is 448. The van der Waals surface area contributed by atoms with Gasteiger partial charge in [-0.15, -0.1) is 0 Å². The molecular formula is C10H12BrN3. The van der Waals surface area contributed by atoms with E-state index >= 15 is 0 Å². The van der Waals surface area contributed by atoms with E-state index in [1.54, 1.807) is 0 Å². The Hall–Kier alpha value is -0.870. The van der Waals surface area contributed by atoms with Crippen LogP contribution in [0, 0.1) is 0 Å². The Kier molecular flexibility index (Phi) is 2.56. The normalized spacial score (nSPS) is 13.4. The highest BCUT2D eigenvalue weighted by Crippen LogP contribution is 2.22. The molecule has 0 saturated heterocycles. The second-order valence-electron chi connectivity index (χ2n) is 3.57. The molecule has 1 atom stereocenters. The predicted molar refractivity (Wildman–Crippen MR) is 61.1 cm³/mol.